The first-order chi connectivity index (χ1) is 26.8. The van der Waals surface area contributed by atoms with Crippen LogP contribution < -0.4 is 0 Å². The van der Waals surface area contributed by atoms with Crippen LogP contribution in [0.2, 0.25) is 0 Å². The van der Waals surface area contributed by atoms with Gasteiger partial charge in [0.05, 0.1) is 0 Å². The van der Waals surface area contributed by atoms with E-state index in [1.165, 1.54) is 109 Å². The Morgan fingerprint density at radius 1 is 0.204 bits per heavy atom. The van der Waals surface area contributed by atoms with Crippen LogP contribution in [0.25, 0.3) is 109 Å². The van der Waals surface area contributed by atoms with Crippen molar-refractivity contribution in [2.45, 2.75) is 0 Å². The third-order valence-corrected chi connectivity index (χ3v) is 11.4. The fourth-order valence-corrected chi connectivity index (χ4v) is 9.00. The van der Waals surface area contributed by atoms with Crippen LogP contribution in [0.3, 0.4) is 0 Å². The van der Waals surface area contributed by atoms with E-state index in [0.29, 0.717) is 0 Å². The summed E-state index contributed by atoms with van der Waals surface area (Å²) in [5.41, 5.74) is 9.97. The van der Waals surface area contributed by atoms with Crippen molar-refractivity contribution in [1.29, 1.82) is 0 Å². The maximum atomic E-state index is 2.38. The molecule has 0 saturated heterocycles. The van der Waals surface area contributed by atoms with E-state index >= 15 is 0 Å². The predicted octanol–water partition coefficient (Wildman–Crippen LogP) is 15.3. The van der Waals surface area contributed by atoms with Gasteiger partial charge in [-0.3, -0.25) is 0 Å². The Bertz CT molecular complexity index is 3190. The lowest BCUT2D eigenvalue weighted by molar-refractivity contribution is 1.63. The second-order valence-electron chi connectivity index (χ2n) is 14.4. The molecule has 0 aliphatic carbocycles. The Kier molecular flexibility index (Phi) is 6.97. The fourth-order valence-electron chi connectivity index (χ4n) is 9.00. The Hall–Kier alpha value is -7.02. The molecule has 11 rings (SSSR count). The Labute approximate surface area is 314 Å². The lowest BCUT2D eigenvalue weighted by atomic mass is 9.85. The average molecular weight is 683 g/mol. The van der Waals surface area contributed by atoms with Crippen LogP contribution in [0.1, 0.15) is 0 Å². The summed E-state index contributed by atoms with van der Waals surface area (Å²) < 4.78 is 0. The van der Waals surface area contributed by atoms with Gasteiger partial charge in [0.15, 0.2) is 0 Å². The monoisotopic (exact) mass is 682 g/mol. The normalized spacial score (nSPS) is 11.7. The molecule has 0 saturated carbocycles. The molecule has 0 spiro atoms. The van der Waals surface area contributed by atoms with E-state index in [2.05, 4.69) is 206 Å². The minimum absolute atomic E-state index is 1.22. The second kappa shape index (κ2) is 12.3. The standard InChI is InChI=1S/C54H34/c1-3-18-42-35(13-1)15-12-26-43(42)39-16-11-17-40(33-39)54-49-24-9-7-22-47(49)52(48-23-8-10-25-50(48)54)38-30-27-37(28-31-38)51-34-41-32-29-36-14-2-4-19-44(36)53(41)46-21-6-5-20-45(46)51/h1-34H. The fraction of sp³-hybridized carbons (Fsp3) is 0. The van der Waals surface area contributed by atoms with Crippen molar-refractivity contribution in [1.82, 2.24) is 0 Å². The number of hydrogen-bond donors (Lipinski definition) is 0. The summed E-state index contributed by atoms with van der Waals surface area (Å²) in [6.45, 7) is 0. The van der Waals surface area contributed by atoms with Crippen LogP contribution in [-0.4, -0.2) is 0 Å². The number of hydrogen-bond acceptors (Lipinski definition) is 0. The number of fused-ring (bicyclic) bond motifs is 8. The van der Waals surface area contributed by atoms with Gasteiger partial charge < -0.3 is 0 Å². The highest BCUT2D eigenvalue weighted by Crippen LogP contribution is 2.45. The molecule has 0 amide bonds. The van der Waals surface area contributed by atoms with E-state index in [1.807, 2.05) is 0 Å². The van der Waals surface area contributed by atoms with Crippen LogP contribution in [0.15, 0.2) is 206 Å². The molecule has 0 heterocycles. The average Bonchev–Trinajstić information content (AvgIpc) is 3.25. The van der Waals surface area contributed by atoms with Crippen molar-refractivity contribution >= 4 is 64.6 Å². The molecule has 0 aliphatic rings. The summed E-state index contributed by atoms with van der Waals surface area (Å²) in [7, 11) is 0. The van der Waals surface area contributed by atoms with Crippen LogP contribution in [0.4, 0.5) is 0 Å². The molecule has 250 valence electrons. The first kappa shape index (κ1) is 30.6. The minimum atomic E-state index is 1.22. The molecule has 0 aliphatic heterocycles. The van der Waals surface area contributed by atoms with Crippen LogP contribution in [0, 0.1) is 0 Å². The summed E-state index contributed by atoms with van der Waals surface area (Å²) in [6, 6.07) is 76.0. The zero-order valence-corrected chi connectivity index (χ0v) is 29.6. The summed E-state index contributed by atoms with van der Waals surface area (Å²) in [5.74, 6) is 0. The summed E-state index contributed by atoms with van der Waals surface area (Å²) in [6.07, 6.45) is 0. The van der Waals surface area contributed by atoms with Crippen LogP contribution in [-0.2, 0) is 0 Å². The largest absolute Gasteiger partial charge is 0.0616 e. The van der Waals surface area contributed by atoms with Crippen LogP contribution in [0.5, 0.6) is 0 Å². The first-order valence-corrected chi connectivity index (χ1v) is 18.8. The zero-order valence-electron chi connectivity index (χ0n) is 29.6. The second-order valence-corrected chi connectivity index (χ2v) is 14.4. The molecule has 0 bridgehead atoms. The third-order valence-electron chi connectivity index (χ3n) is 11.4. The molecule has 0 radical (unpaired) electrons. The van der Waals surface area contributed by atoms with Gasteiger partial charge in [0, 0.05) is 0 Å². The maximum Gasteiger partial charge on any atom is -0.00262 e. The van der Waals surface area contributed by atoms with Gasteiger partial charge in [-0.2, -0.15) is 0 Å². The third kappa shape index (κ3) is 4.78. The van der Waals surface area contributed by atoms with Gasteiger partial charge in [-0.15, -0.1) is 0 Å². The quantitative estimate of drug-likeness (QED) is 0.128. The predicted molar refractivity (Wildman–Crippen MR) is 233 cm³/mol. The summed E-state index contributed by atoms with van der Waals surface area (Å²) in [4.78, 5) is 0. The molecule has 11 aromatic rings. The Morgan fingerprint density at radius 2 is 0.667 bits per heavy atom. The molecule has 0 atom stereocenters. The van der Waals surface area contributed by atoms with Crippen molar-refractivity contribution in [2.75, 3.05) is 0 Å². The minimum Gasteiger partial charge on any atom is -0.0616 e. The zero-order chi connectivity index (χ0) is 35.6. The van der Waals surface area contributed by atoms with Gasteiger partial charge >= 0.3 is 0 Å². The van der Waals surface area contributed by atoms with Gasteiger partial charge in [0.2, 0.25) is 0 Å². The van der Waals surface area contributed by atoms with E-state index in [0.717, 1.165) is 0 Å². The van der Waals surface area contributed by atoms with Gasteiger partial charge in [-0.05, 0) is 121 Å². The Balaban J connectivity index is 1.08. The first-order valence-electron chi connectivity index (χ1n) is 18.8. The molecular formula is C54H34. The van der Waals surface area contributed by atoms with E-state index in [1.54, 1.807) is 0 Å². The molecule has 11 aromatic carbocycles. The lowest BCUT2D eigenvalue weighted by Crippen LogP contribution is -1.91. The topological polar surface area (TPSA) is 0 Å². The van der Waals surface area contributed by atoms with Gasteiger partial charge in [-0.25, -0.2) is 0 Å². The van der Waals surface area contributed by atoms with Crippen molar-refractivity contribution in [3.05, 3.63) is 206 Å². The highest BCUT2D eigenvalue weighted by molar-refractivity contribution is 6.24. The van der Waals surface area contributed by atoms with Crippen LogP contribution >= 0.6 is 0 Å². The molecule has 0 nitrogen and oxygen atoms in total. The highest BCUT2D eigenvalue weighted by atomic mass is 14.2. The Morgan fingerprint density at radius 3 is 1.35 bits per heavy atom. The number of rotatable bonds is 4. The molecular weight excluding hydrogens is 649 g/mol. The number of benzene rings is 11. The van der Waals surface area contributed by atoms with E-state index < -0.39 is 0 Å². The molecule has 0 unspecified atom stereocenters. The lowest BCUT2D eigenvalue weighted by Gasteiger charge is -2.19. The molecule has 0 N–H and O–H groups in total. The van der Waals surface area contributed by atoms with Crippen molar-refractivity contribution in [3.63, 3.8) is 0 Å². The highest BCUT2D eigenvalue weighted by Gasteiger charge is 2.18. The maximum absolute atomic E-state index is 2.38. The van der Waals surface area contributed by atoms with Crippen molar-refractivity contribution in [2.24, 2.45) is 0 Å². The smallest absolute Gasteiger partial charge is 0.00262 e. The molecule has 0 heteroatoms. The van der Waals surface area contributed by atoms with Crippen molar-refractivity contribution in [3.8, 4) is 44.5 Å². The van der Waals surface area contributed by atoms with Gasteiger partial charge in [0.25, 0.3) is 0 Å². The summed E-state index contributed by atoms with van der Waals surface area (Å²) in [5, 5.41) is 15.3. The molecule has 0 fully saturated rings. The van der Waals surface area contributed by atoms with Gasteiger partial charge in [0.1, 0.15) is 0 Å². The van der Waals surface area contributed by atoms with Gasteiger partial charge in [-0.1, -0.05) is 194 Å². The molecule has 0 aromatic heterocycles. The van der Waals surface area contributed by atoms with E-state index in [-0.39, 0.29) is 0 Å². The SMILES string of the molecule is c1cc(-c2cccc3ccccc23)cc(-c2c3ccccc3c(-c3ccc(-c4cc5ccc6ccccc6c5c5ccccc45)cc3)c3ccccc23)c1. The van der Waals surface area contributed by atoms with E-state index in [9.17, 15) is 0 Å². The van der Waals surface area contributed by atoms with Crippen molar-refractivity contribution < 1.29 is 0 Å². The summed E-state index contributed by atoms with van der Waals surface area (Å²) >= 11 is 0. The molecule has 54 heavy (non-hydrogen) atoms. The van der Waals surface area contributed by atoms with E-state index in [4.69, 9.17) is 0 Å².